The van der Waals surface area contributed by atoms with Gasteiger partial charge in [0.05, 0.1) is 35.2 Å². The number of benzene rings is 2. The molecule has 3 heterocycles. The molecule has 202 valence electrons. The van der Waals surface area contributed by atoms with Crippen LogP contribution in [-0.2, 0) is 22.4 Å². The number of nitrogens with zero attached hydrogens (tertiary/aromatic N) is 2. The number of thiophene rings is 1. The molecule has 1 saturated heterocycles. The van der Waals surface area contributed by atoms with Crippen molar-refractivity contribution >= 4 is 79.4 Å². The summed E-state index contributed by atoms with van der Waals surface area (Å²) in [5.41, 5.74) is 1.37. The lowest BCUT2D eigenvalue weighted by Gasteiger charge is -2.25. The molecule has 1 aliphatic heterocycles. The number of anilines is 1. The first-order chi connectivity index (χ1) is 18.7. The van der Waals surface area contributed by atoms with Crippen LogP contribution in [0.15, 0.2) is 48.0 Å². The smallest absolute Gasteiger partial charge is 0.303 e. The van der Waals surface area contributed by atoms with E-state index in [0.29, 0.717) is 41.2 Å². The number of carboxylic acid groups (broad SMARTS) is 1. The number of carbonyl (C=O) groups excluding carboxylic acids is 2. The van der Waals surface area contributed by atoms with Crippen molar-refractivity contribution in [1.82, 2.24) is 9.88 Å². The Morgan fingerprint density at radius 2 is 1.95 bits per heavy atom. The number of nitrogens with one attached hydrogen (secondary N) is 1. The van der Waals surface area contributed by atoms with Crippen LogP contribution in [0, 0.1) is 0 Å². The fourth-order valence-electron chi connectivity index (χ4n) is 4.59. The molecule has 2 aromatic heterocycles. The molecule has 2 atom stereocenters. The molecule has 2 aromatic carbocycles. The number of amides is 2. The molecule has 0 saturated carbocycles. The van der Waals surface area contributed by atoms with E-state index in [-0.39, 0.29) is 34.7 Å². The molecule has 4 aromatic rings. The van der Waals surface area contributed by atoms with Crippen LogP contribution in [0.25, 0.3) is 10.1 Å². The van der Waals surface area contributed by atoms with Crippen LogP contribution in [0.5, 0.6) is 0 Å². The van der Waals surface area contributed by atoms with Gasteiger partial charge in [-0.05, 0) is 36.6 Å². The lowest BCUT2D eigenvalue weighted by Crippen LogP contribution is -2.34. The fourth-order valence-corrected chi connectivity index (χ4v) is 7.08. The van der Waals surface area contributed by atoms with Gasteiger partial charge in [-0.1, -0.05) is 41.4 Å². The number of hydrogen-bond donors (Lipinski definition) is 3. The first-order valence-corrected chi connectivity index (χ1v) is 14.6. The van der Waals surface area contributed by atoms with E-state index in [1.165, 1.54) is 28.7 Å². The van der Waals surface area contributed by atoms with Gasteiger partial charge in [-0.15, -0.1) is 22.7 Å². The third-order valence-electron chi connectivity index (χ3n) is 6.55. The molecular weight excluding hydrogens is 581 g/mol. The minimum Gasteiger partial charge on any atom is -0.481 e. The van der Waals surface area contributed by atoms with Crippen LogP contribution >= 0.6 is 45.9 Å². The summed E-state index contributed by atoms with van der Waals surface area (Å²) in [7, 11) is 0. The summed E-state index contributed by atoms with van der Waals surface area (Å²) < 4.78 is 1.00. The fraction of sp³-hybridized carbons (Fsp3) is 0.259. The number of rotatable bonds is 8. The van der Waals surface area contributed by atoms with Crippen molar-refractivity contribution in [3.63, 3.8) is 0 Å². The molecule has 0 aliphatic carbocycles. The Hall–Kier alpha value is -3.02. The Morgan fingerprint density at radius 1 is 1.15 bits per heavy atom. The number of aliphatic hydroxyl groups excluding tert-OH is 1. The average Bonchev–Trinajstić information content (AvgIpc) is 3.63. The van der Waals surface area contributed by atoms with E-state index in [1.54, 1.807) is 22.5 Å². The Bertz CT molecular complexity index is 1570. The minimum atomic E-state index is -0.899. The predicted molar refractivity (Wildman–Crippen MR) is 153 cm³/mol. The lowest BCUT2D eigenvalue weighted by atomic mass is 10.1. The van der Waals surface area contributed by atoms with E-state index in [2.05, 4.69) is 10.3 Å². The predicted octanol–water partition coefficient (Wildman–Crippen LogP) is 5.81. The maximum atomic E-state index is 13.3. The van der Waals surface area contributed by atoms with Gasteiger partial charge in [0, 0.05) is 38.1 Å². The maximum absolute atomic E-state index is 13.3. The van der Waals surface area contributed by atoms with Crippen molar-refractivity contribution in [2.75, 3.05) is 11.9 Å². The molecule has 0 radical (unpaired) electrons. The second kappa shape index (κ2) is 11.6. The normalized spacial score (nSPS) is 17.1. The third kappa shape index (κ3) is 5.95. The zero-order chi connectivity index (χ0) is 27.7. The number of aliphatic hydroxyl groups is 1. The van der Waals surface area contributed by atoms with Crippen LogP contribution in [-0.4, -0.2) is 50.5 Å². The zero-order valence-corrected chi connectivity index (χ0v) is 23.5. The van der Waals surface area contributed by atoms with Gasteiger partial charge >= 0.3 is 5.97 Å². The highest BCUT2D eigenvalue weighted by Crippen LogP contribution is 2.37. The second-order valence-electron chi connectivity index (χ2n) is 9.15. The highest BCUT2D eigenvalue weighted by atomic mass is 35.5. The molecule has 0 bridgehead atoms. The van der Waals surface area contributed by atoms with E-state index in [4.69, 9.17) is 28.3 Å². The Kier molecular flexibility index (Phi) is 8.20. The summed E-state index contributed by atoms with van der Waals surface area (Å²) >= 11 is 15.8. The van der Waals surface area contributed by atoms with Crippen molar-refractivity contribution in [1.29, 1.82) is 0 Å². The highest BCUT2D eigenvalue weighted by molar-refractivity contribution is 7.17. The topological polar surface area (TPSA) is 120 Å². The molecule has 1 fully saturated rings. The van der Waals surface area contributed by atoms with Crippen LogP contribution < -0.4 is 5.32 Å². The number of halogens is 2. The van der Waals surface area contributed by atoms with E-state index in [1.807, 2.05) is 24.3 Å². The molecule has 0 unspecified atom stereocenters. The van der Waals surface area contributed by atoms with Gasteiger partial charge in [-0.25, -0.2) is 4.98 Å². The zero-order valence-electron chi connectivity index (χ0n) is 20.4. The summed E-state index contributed by atoms with van der Waals surface area (Å²) in [5, 5.41) is 26.1. The van der Waals surface area contributed by atoms with Gasteiger partial charge in [0.2, 0.25) is 5.91 Å². The van der Waals surface area contributed by atoms with Crippen molar-refractivity contribution in [2.24, 2.45) is 0 Å². The standard InChI is InChI=1S/C27H23Cl2N3O5S2/c28-18-11-20(31-26(37)17-13-38-22-4-2-1-3-16(17)22)19(29)9-14(18)10-23(34)32-8-7-21(33)25(32)27-30-12-15(39-27)5-6-24(35)36/h1-4,9,11-13,21,25,33H,5-8,10H2,(H,31,37)(H,35,36)/t21-,25-/m0/s1. The molecule has 3 N–H and O–H groups in total. The van der Waals surface area contributed by atoms with E-state index < -0.39 is 18.1 Å². The summed E-state index contributed by atoms with van der Waals surface area (Å²) in [4.78, 5) is 43.9. The van der Waals surface area contributed by atoms with Crippen LogP contribution in [0.2, 0.25) is 10.0 Å². The number of carboxylic acids is 1. The van der Waals surface area contributed by atoms with Crippen LogP contribution in [0.3, 0.4) is 0 Å². The molecular formula is C27H23Cl2N3O5S2. The number of aryl methyl sites for hydroxylation is 1. The van der Waals surface area contributed by atoms with Gasteiger partial charge in [-0.3, -0.25) is 14.4 Å². The van der Waals surface area contributed by atoms with E-state index in [9.17, 15) is 19.5 Å². The van der Waals surface area contributed by atoms with Crippen molar-refractivity contribution < 1.29 is 24.6 Å². The molecule has 8 nitrogen and oxygen atoms in total. The largest absolute Gasteiger partial charge is 0.481 e. The molecule has 5 rings (SSSR count). The molecule has 2 amide bonds. The quantitative estimate of drug-likeness (QED) is 0.234. The lowest BCUT2D eigenvalue weighted by molar-refractivity contribution is -0.137. The van der Waals surface area contributed by atoms with Crippen LogP contribution in [0.1, 0.15) is 44.7 Å². The minimum absolute atomic E-state index is 0.0168. The van der Waals surface area contributed by atoms with E-state index in [0.717, 1.165) is 15.0 Å². The Labute approximate surface area is 241 Å². The van der Waals surface area contributed by atoms with Gasteiger partial charge in [-0.2, -0.15) is 0 Å². The van der Waals surface area contributed by atoms with Crippen molar-refractivity contribution in [3.8, 4) is 0 Å². The molecule has 1 aliphatic rings. The summed E-state index contributed by atoms with van der Waals surface area (Å²) in [6.07, 6.45) is 1.48. The first-order valence-electron chi connectivity index (χ1n) is 12.1. The summed E-state index contributed by atoms with van der Waals surface area (Å²) in [6, 6.07) is 10.1. The van der Waals surface area contributed by atoms with Crippen molar-refractivity contribution in [2.45, 2.75) is 37.8 Å². The van der Waals surface area contributed by atoms with Crippen LogP contribution in [0.4, 0.5) is 5.69 Å². The second-order valence-corrected chi connectivity index (χ2v) is 12.0. The highest BCUT2D eigenvalue weighted by Gasteiger charge is 2.39. The summed E-state index contributed by atoms with van der Waals surface area (Å²) in [6.45, 7) is 0.350. The first kappa shape index (κ1) is 27.5. The molecule has 0 spiro atoms. The number of aromatic nitrogens is 1. The Morgan fingerprint density at radius 3 is 2.74 bits per heavy atom. The third-order valence-corrected chi connectivity index (χ3v) is 9.30. The van der Waals surface area contributed by atoms with Gasteiger partial charge in [0.1, 0.15) is 11.0 Å². The summed E-state index contributed by atoms with van der Waals surface area (Å²) in [5.74, 6) is -1.46. The van der Waals surface area contributed by atoms with Crippen molar-refractivity contribution in [3.05, 3.63) is 79.0 Å². The number of carbonyl (C=O) groups is 3. The van der Waals surface area contributed by atoms with E-state index >= 15 is 0 Å². The van der Waals surface area contributed by atoms with Gasteiger partial charge < -0.3 is 20.4 Å². The molecule has 12 heteroatoms. The average molecular weight is 605 g/mol. The molecule has 39 heavy (non-hydrogen) atoms. The maximum Gasteiger partial charge on any atom is 0.303 e. The number of fused-ring (bicyclic) bond motifs is 1. The van der Waals surface area contributed by atoms with Gasteiger partial charge in [0.25, 0.3) is 5.91 Å². The SMILES string of the molecule is O=C(O)CCc1cnc([C@@H]2[C@@H](O)CCN2C(=O)Cc2cc(Cl)c(NC(=O)c3csc4ccccc34)cc2Cl)s1. The number of thiazole rings is 1. The number of hydrogen-bond acceptors (Lipinski definition) is 7. The number of aliphatic carboxylic acids is 1. The Balaban J connectivity index is 1.29. The monoisotopic (exact) mass is 603 g/mol. The number of likely N-dealkylation sites (tertiary alicyclic amines) is 1. The van der Waals surface area contributed by atoms with Gasteiger partial charge in [0.15, 0.2) is 0 Å².